The average molecular weight is 781 g/mol. The molecule has 10 aliphatic rings. The fourth-order valence-corrected chi connectivity index (χ4v) is 126. The summed E-state index contributed by atoms with van der Waals surface area (Å²) in [5.41, 5.74) is 0. The molecule has 8 atom stereocenters. The van der Waals surface area contributed by atoms with Gasteiger partial charge in [-0.25, -0.2) is 0 Å². The fraction of sp³-hybridized carbons (Fsp3) is 0.316. The van der Waals surface area contributed by atoms with Gasteiger partial charge in [0.05, 0.1) is 0 Å². The van der Waals surface area contributed by atoms with Crippen LogP contribution in [0.4, 0.5) is 0 Å². The molecule has 46 heavy (non-hydrogen) atoms. The van der Waals surface area contributed by atoms with Crippen molar-refractivity contribution in [3.05, 3.63) is 121 Å². The maximum atomic E-state index is 9.00. The van der Waals surface area contributed by atoms with E-state index < -0.39 is 18.4 Å². The van der Waals surface area contributed by atoms with Crippen LogP contribution in [0.5, 0.6) is 0 Å². The van der Waals surface area contributed by atoms with Gasteiger partial charge in [0.25, 0.3) is 11.9 Å². The Kier molecular flexibility index (Phi) is 3.00. The first-order chi connectivity index (χ1) is 21.6. The molecule has 0 aromatic heterocycles. The van der Waals surface area contributed by atoms with E-state index in [1.54, 1.807) is 21.2 Å². The summed E-state index contributed by atoms with van der Waals surface area (Å²) >= 11 is 0. The Morgan fingerprint density at radius 2 is 0.696 bits per heavy atom. The summed E-state index contributed by atoms with van der Waals surface area (Å²) in [6, 6.07) is 48.0. The van der Waals surface area contributed by atoms with Crippen LogP contribution in [-0.4, -0.2) is 30.3 Å². The van der Waals surface area contributed by atoms with E-state index in [0.717, 1.165) is 22.0 Å². The summed E-state index contributed by atoms with van der Waals surface area (Å²) in [7, 11) is -0.505. The van der Waals surface area contributed by atoms with Crippen LogP contribution in [0.15, 0.2) is 121 Å². The number of fused-ring (bicyclic) bond motifs is 10. The van der Waals surface area contributed by atoms with Crippen LogP contribution in [-0.2, 0) is 36.5 Å². The van der Waals surface area contributed by atoms with Gasteiger partial charge in [-0.05, 0) is 0 Å². The third-order valence-electron chi connectivity index (χ3n) is 19.4. The van der Waals surface area contributed by atoms with Crippen LogP contribution < -0.4 is 21.2 Å². The van der Waals surface area contributed by atoms with Gasteiger partial charge in [0.1, 0.15) is 0 Å². The van der Waals surface area contributed by atoms with Gasteiger partial charge in [0.2, 0.25) is 0 Å². The molecule has 2 N–H and O–H groups in total. The first-order valence-electron chi connectivity index (χ1n) is 16.0. The molecule has 8 unspecified atom stereocenters. The molecule has 240 valence electrons. The van der Waals surface area contributed by atoms with Crippen LogP contribution in [0.3, 0.4) is 0 Å². The molecule has 10 heterocycles. The minimum atomic E-state index is -3.82. The number of carboxylic acid groups (broad SMARTS) is 2. The molecule has 0 bridgehead atoms. The zero-order valence-corrected chi connectivity index (χ0v) is 29.9. The summed E-state index contributed by atoms with van der Waals surface area (Å²) in [5, 5.41) is 21.7. The molecule has 1 spiro atoms. The number of carboxylic acids is 2. The van der Waals surface area contributed by atoms with E-state index in [0.29, 0.717) is 0 Å². The van der Waals surface area contributed by atoms with Gasteiger partial charge in [-0.3, -0.25) is 9.59 Å². The van der Waals surface area contributed by atoms with Gasteiger partial charge in [-0.15, -0.1) is 0 Å². The van der Waals surface area contributed by atoms with Gasteiger partial charge < -0.3 is 10.2 Å². The third-order valence-corrected chi connectivity index (χ3v) is 76.1. The summed E-state index contributed by atoms with van der Waals surface area (Å²) in [5.74, 6) is -1.67. The van der Waals surface area contributed by atoms with Crippen LogP contribution in [0, 0.1) is 0 Å². The van der Waals surface area contributed by atoms with Gasteiger partial charge in [0, 0.05) is 34.3 Å². The molecule has 0 saturated carbocycles. The zero-order chi connectivity index (χ0) is 30.7. The topological polar surface area (TPSA) is 74.6 Å². The Balaban J connectivity index is 0.000000266. The molecule has 4 aromatic carbocycles. The Labute approximate surface area is 275 Å². The van der Waals surface area contributed by atoms with Crippen molar-refractivity contribution < 1.29 is 46.7 Å². The number of aliphatic carboxylic acids is 2. The molecule has 4 nitrogen and oxygen atoms in total. The van der Waals surface area contributed by atoms with Crippen molar-refractivity contribution in [1.82, 2.24) is 0 Å². The minimum absolute atomic E-state index is 0. The van der Waals surface area contributed by atoms with Crippen molar-refractivity contribution >= 4 is 49.0 Å². The van der Waals surface area contributed by atoms with Gasteiger partial charge in [-0.2, -0.15) is 0 Å². The summed E-state index contributed by atoms with van der Waals surface area (Å²) in [6.45, 7) is -1.65. The first-order valence-corrected chi connectivity index (χ1v) is 24.9. The molecule has 0 amide bonds. The molecule has 10 fully saturated rings. The predicted molar refractivity (Wildman–Crippen MR) is 180 cm³/mol. The Morgan fingerprint density at radius 3 is 0.870 bits per heavy atom. The Bertz CT molecular complexity index is 2120. The maximum absolute atomic E-state index is 9.00. The Hall–Kier alpha value is -2.14. The normalized spacial score (nSPS) is 51.8. The number of hydrogen-bond donors (Lipinski definition) is 2. The van der Waals surface area contributed by atoms with Crippen molar-refractivity contribution in [2.24, 2.45) is 0 Å². The van der Waals surface area contributed by atoms with Gasteiger partial charge in [0.15, 0.2) is 0 Å². The molecule has 0 radical (unpaired) electrons. The molecule has 4 aromatic rings. The molecule has 10 aliphatic heterocycles. The van der Waals surface area contributed by atoms with Crippen molar-refractivity contribution in [1.29, 1.82) is 0 Å². The molecular weight excluding hydrogens is 745 g/mol. The molecule has 14 rings (SSSR count). The summed E-state index contributed by atoms with van der Waals surface area (Å²) < 4.78 is 1.60. The van der Waals surface area contributed by atoms with E-state index in [1.807, 2.05) is 0 Å². The third kappa shape index (κ3) is 0.867. The van der Waals surface area contributed by atoms with E-state index in [2.05, 4.69) is 121 Å². The monoisotopic (exact) mass is 780 g/mol. The van der Waals surface area contributed by atoms with Crippen molar-refractivity contribution in [3.8, 4) is 0 Å². The summed E-state index contributed by atoms with van der Waals surface area (Å²) in [4.78, 5) is 28.1. The van der Waals surface area contributed by atoms with Crippen LogP contribution in [0.2, 0.25) is 38.5 Å². The predicted octanol–water partition coefficient (Wildman–Crippen LogP) is 7.64. The van der Waals surface area contributed by atoms with E-state index in [-0.39, 0.29) is 36.3 Å². The second-order valence-electron chi connectivity index (χ2n) is 16.7. The van der Waals surface area contributed by atoms with E-state index in [9.17, 15) is 0 Å². The number of benzene rings is 4. The van der Waals surface area contributed by atoms with Crippen LogP contribution in [0.1, 0.15) is 13.8 Å². The molecular formula is C38H36FeO4P2Pd. The Morgan fingerprint density at radius 1 is 0.500 bits per heavy atom. The van der Waals surface area contributed by atoms with E-state index >= 15 is 0 Å². The van der Waals surface area contributed by atoms with Crippen LogP contribution >= 0.6 is 15.8 Å². The zero-order valence-electron chi connectivity index (χ0n) is 25.4. The average Bonchev–Trinajstić information content (AvgIpc) is 3.99. The van der Waals surface area contributed by atoms with E-state index in [1.165, 1.54) is 38.5 Å². The summed E-state index contributed by atoms with van der Waals surface area (Å²) in [6.07, 6.45) is 0. The quantitative estimate of drug-likeness (QED) is 0.156. The second-order valence-corrected chi connectivity index (χ2v) is 45.6. The standard InChI is InChI=1S/2C17H14P.2C2H4O2.Fe.Pd/c2*1-3-9-15(10-4-1)18(17-13-7-8-14-17)16-11-5-2-6-12-16;2*1-2(3)4;;/h2*1-14H;2*1H3,(H,3,4);;. The van der Waals surface area contributed by atoms with Gasteiger partial charge >= 0.3 is 212 Å². The van der Waals surface area contributed by atoms with Crippen LogP contribution in [0.25, 0.3) is 0 Å². The van der Waals surface area contributed by atoms with Crippen molar-refractivity contribution in [2.45, 2.75) is 60.5 Å². The molecule has 0 aliphatic carbocycles. The van der Waals surface area contributed by atoms with Gasteiger partial charge in [-0.1, -0.05) is 0 Å². The SMILES string of the molecule is CC(=O)O.CC(=O)O.[Pd].c1ccc(P(c2ccccc2)[C]23[CH]4[CH]5[CH]6[CH]2[Fe]56432789[CH]3[CH]2[CH]7[C]8(P(c2ccccc2)c2ccccc2)[CH]39)cc1. The second kappa shape index (κ2) is 4.98. The van der Waals surface area contributed by atoms with Crippen molar-refractivity contribution in [2.75, 3.05) is 0 Å². The fourth-order valence-electron chi connectivity index (χ4n) is 20.9. The number of carbonyl (C=O) groups is 2. The molecule has 10 saturated heterocycles. The van der Waals surface area contributed by atoms with E-state index in [4.69, 9.17) is 19.8 Å². The molecule has 8 heteroatoms. The first kappa shape index (κ1) is 27.8. The number of hydrogen-bond acceptors (Lipinski definition) is 2. The van der Waals surface area contributed by atoms with Crippen molar-refractivity contribution in [3.63, 3.8) is 0 Å². The number of rotatable bonds is 6.